The molecule has 62 heavy (non-hydrogen) atoms. The molecule has 322 valence electrons. The van der Waals surface area contributed by atoms with Gasteiger partial charge < -0.3 is 19.9 Å². The normalized spacial score (nSPS) is 16.1. The maximum atomic E-state index is 13.9. The molecule has 2 N–H and O–H groups in total. The predicted molar refractivity (Wildman–Crippen MR) is 250 cm³/mol. The van der Waals surface area contributed by atoms with Crippen LogP contribution < -0.4 is 14.9 Å². The van der Waals surface area contributed by atoms with E-state index in [1.807, 2.05) is 42.5 Å². The number of hydrogen-bond donors (Lipinski definition) is 2. The molecule has 2 fully saturated rings. The molecule has 2 heterocycles. The van der Waals surface area contributed by atoms with Crippen molar-refractivity contribution < 1.29 is 18.1 Å². The van der Waals surface area contributed by atoms with Crippen molar-refractivity contribution >= 4 is 55.6 Å². The summed E-state index contributed by atoms with van der Waals surface area (Å²) in [5.41, 5.74) is 4.54. The SMILES string of the molecule is CN(C)CCOC1(Cc2ccccc2-c2ccccc2)CCN(c2ccc3c(NS(=O)(=O)c4ccc(NC5(CSc6ccccc6)CCCC5)c([N+](=O)[O-])c4)ncnc3c2)CC1. The van der Waals surface area contributed by atoms with Crippen LogP contribution in [0.25, 0.3) is 22.0 Å². The molecule has 0 bridgehead atoms. The average molecular weight is 872 g/mol. The van der Waals surface area contributed by atoms with Crippen LogP contribution in [0.15, 0.2) is 137 Å². The lowest BCUT2D eigenvalue weighted by Gasteiger charge is -2.43. The molecule has 0 spiro atoms. The Morgan fingerprint density at radius 3 is 2.29 bits per heavy atom. The molecule has 1 aromatic heterocycles. The van der Waals surface area contributed by atoms with Crippen LogP contribution >= 0.6 is 11.8 Å². The molecule has 0 radical (unpaired) electrons. The van der Waals surface area contributed by atoms with Crippen molar-refractivity contribution in [1.82, 2.24) is 14.9 Å². The van der Waals surface area contributed by atoms with Crippen molar-refractivity contribution in [2.24, 2.45) is 0 Å². The Hall–Kier alpha value is -5.54. The third-order valence-electron chi connectivity index (χ3n) is 12.1. The van der Waals surface area contributed by atoms with Crippen molar-refractivity contribution in [1.29, 1.82) is 0 Å². The standard InChI is InChI=1S/C48H53N7O5S2/c1-53(2)29-30-60-48(33-37-15-9-10-18-41(37)36-13-5-3-6-14-36)25-27-54(28-26-48)38-19-21-42-44(31-38)49-35-50-46(42)52-62(58,59)40-20-22-43(45(32-40)55(56)57)51-47(23-11-12-24-47)34-61-39-16-7-4-8-17-39/h3-10,13-22,31-32,35,51H,11-12,23-30,33-34H2,1-2H3,(H,49,50,52). The minimum Gasteiger partial charge on any atom is -0.373 e. The Bertz CT molecular complexity index is 2600. The lowest BCUT2D eigenvalue weighted by Crippen LogP contribution is -2.48. The monoisotopic (exact) mass is 871 g/mol. The van der Waals surface area contributed by atoms with Crippen molar-refractivity contribution in [3.05, 3.63) is 143 Å². The van der Waals surface area contributed by atoms with Gasteiger partial charge in [-0.2, -0.15) is 0 Å². The number of benzene rings is 5. The van der Waals surface area contributed by atoms with Gasteiger partial charge in [0.1, 0.15) is 12.0 Å². The molecule has 1 aliphatic heterocycles. The molecule has 0 amide bonds. The topological polar surface area (TPSA) is 143 Å². The van der Waals surface area contributed by atoms with Gasteiger partial charge in [-0.3, -0.25) is 14.8 Å². The zero-order chi connectivity index (χ0) is 43.2. The van der Waals surface area contributed by atoms with Crippen molar-refractivity contribution in [2.45, 2.75) is 65.9 Å². The van der Waals surface area contributed by atoms with Gasteiger partial charge in [0, 0.05) is 59.4 Å². The molecule has 5 aromatic carbocycles. The summed E-state index contributed by atoms with van der Waals surface area (Å²) in [6.45, 7) is 3.00. The van der Waals surface area contributed by atoms with E-state index in [9.17, 15) is 18.5 Å². The average Bonchev–Trinajstić information content (AvgIpc) is 3.75. The van der Waals surface area contributed by atoms with Crippen LogP contribution in [-0.2, 0) is 21.2 Å². The number of ether oxygens (including phenoxy) is 1. The number of likely N-dealkylation sites (N-methyl/N-ethyl adjacent to an activating group) is 1. The van der Waals surface area contributed by atoms with E-state index < -0.39 is 14.9 Å². The second kappa shape index (κ2) is 18.8. The summed E-state index contributed by atoms with van der Waals surface area (Å²) in [6, 6.07) is 39.0. The van der Waals surface area contributed by atoms with Gasteiger partial charge >= 0.3 is 0 Å². The number of piperidine rings is 1. The highest BCUT2D eigenvalue weighted by Crippen LogP contribution is 2.41. The Kier molecular flexibility index (Phi) is 13.1. The van der Waals surface area contributed by atoms with Gasteiger partial charge in [0.2, 0.25) is 0 Å². The van der Waals surface area contributed by atoms with Crippen LogP contribution in [0, 0.1) is 10.1 Å². The van der Waals surface area contributed by atoms with Gasteiger partial charge in [-0.25, -0.2) is 18.4 Å². The number of rotatable bonds is 17. The number of nitrogens with zero attached hydrogens (tertiary/aromatic N) is 5. The molecule has 6 aromatic rings. The Balaban J connectivity index is 0.979. The minimum atomic E-state index is -4.27. The highest BCUT2D eigenvalue weighted by molar-refractivity contribution is 7.99. The van der Waals surface area contributed by atoms with Gasteiger partial charge in [0.15, 0.2) is 5.82 Å². The number of aromatic nitrogens is 2. The number of nitro benzene ring substituents is 1. The fourth-order valence-electron chi connectivity index (χ4n) is 8.74. The predicted octanol–water partition coefficient (Wildman–Crippen LogP) is 9.68. The van der Waals surface area contributed by atoms with Crippen molar-refractivity contribution in [2.75, 3.05) is 61.0 Å². The number of sulfonamides is 1. The number of hydrogen-bond acceptors (Lipinski definition) is 11. The van der Waals surface area contributed by atoms with Crippen molar-refractivity contribution in [3.8, 4) is 11.1 Å². The van der Waals surface area contributed by atoms with Crippen LogP contribution in [0.3, 0.4) is 0 Å². The molecule has 1 saturated heterocycles. The molecule has 0 atom stereocenters. The first-order valence-corrected chi connectivity index (χ1v) is 23.7. The van der Waals surface area contributed by atoms with Gasteiger partial charge in [-0.05, 0) is 98.9 Å². The summed E-state index contributed by atoms with van der Waals surface area (Å²) in [4.78, 5) is 26.1. The quantitative estimate of drug-likeness (QED) is 0.0514. The maximum absolute atomic E-state index is 13.9. The van der Waals surface area contributed by atoms with E-state index in [2.05, 4.69) is 105 Å². The fraction of sp³-hybridized carbons (Fsp3) is 0.333. The van der Waals surface area contributed by atoms with Crippen LogP contribution in [0.1, 0.15) is 44.1 Å². The summed E-state index contributed by atoms with van der Waals surface area (Å²) in [7, 11) is -0.156. The molecule has 12 nitrogen and oxygen atoms in total. The first-order chi connectivity index (χ1) is 30.0. The third-order valence-corrected chi connectivity index (χ3v) is 14.8. The van der Waals surface area contributed by atoms with Crippen molar-refractivity contribution in [3.63, 3.8) is 0 Å². The van der Waals surface area contributed by atoms with Gasteiger partial charge in [-0.15, -0.1) is 11.8 Å². The first kappa shape index (κ1) is 43.1. The molecule has 1 saturated carbocycles. The Labute approximate surface area is 368 Å². The second-order valence-electron chi connectivity index (χ2n) is 16.7. The smallest absolute Gasteiger partial charge is 0.293 e. The van der Waals surface area contributed by atoms with E-state index in [4.69, 9.17) is 4.74 Å². The van der Waals surface area contributed by atoms with E-state index in [0.717, 1.165) is 87.0 Å². The number of nitro groups is 1. The Morgan fingerprint density at radius 2 is 1.56 bits per heavy atom. The molecule has 1 aliphatic carbocycles. The van der Waals surface area contributed by atoms with E-state index in [-0.39, 0.29) is 27.5 Å². The lowest BCUT2D eigenvalue weighted by atomic mass is 9.82. The first-order valence-electron chi connectivity index (χ1n) is 21.2. The molecule has 8 rings (SSSR count). The number of fused-ring (bicyclic) bond motifs is 1. The van der Waals surface area contributed by atoms with Crippen LogP contribution in [-0.4, -0.2) is 85.4 Å². The summed E-state index contributed by atoms with van der Waals surface area (Å²) < 4.78 is 37.2. The number of thioether (sulfide) groups is 1. The largest absolute Gasteiger partial charge is 0.373 e. The molecule has 0 unspecified atom stereocenters. The molecular weight excluding hydrogens is 819 g/mol. The molecule has 14 heteroatoms. The summed E-state index contributed by atoms with van der Waals surface area (Å²) in [5.74, 6) is 0.824. The number of anilines is 3. The van der Waals surface area contributed by atoms with Crippen LogP contribution in [0.2, 0.25) is 0 Å². The van der Waals surface area contributed by atoms with Crippen LogP contribution in [0.5, 0.6) is 0 Å². The highest BCUT2D eigenvalue weighted by Gasteiger charge is 2.38. The fourth-order valence-corrected chi connectivity index (χ4v) is 10.9. The summed E-state index contributed by atoms with van der Waals surface area (Å²) >= 11 is 1.71. The van der Waals surface area contributed by atoms with Crippen LogP contribution in [0.4, 0.5) is 22.9 Å². The number of nitrogens with one attached hydrogen (secondary N) is 2. The zero-order valence-electron chi connectivity index (χ0n) is 35.2. The second-order valence-corrected chi connectivity index (χ2v) is 19.4. The van der Waals surface area contributed by atoms with E-state index in [1.54, 1.807) is 11.8 Å². The van der Waals surface area contributed by atoms with E-state index in [1.165, 1.54) is 35.2 Å². The molecule has 2 aliphatic rings. The van der Waals surface area contributed by atoms with Gasteiger partial charge in [0.05, 0.1) is 27.5 Å². The Morgan fingerprint density at radius 1 is 0.855 bits per heavy atom. The van der Waals surface area contributed by atoms with E-state index in [0.29, 0.717) is 23.2 Å². The molecular formula is C48H53N7O5S2. The zero-order valence-corrected chi connectivity index (χ0v) is 36.8. The van der Waals surface area contributed by atoms with E-state index >= 15 is 0 Å². The van der Waals surface area contributed by atoms with Gasteiger partial charge in [0.25, 0.3) is 15.7 Å². The summed E-state index contributed by atoms with van der Waals surface area (Å²) in [5, 5.41) is 16.4. The minimum absolute atomic E-state index is 0.0956. The third kappa shape index (κ3) is 10.0. The summed E-state index contributed by atoms with van der Waals surface area (Å²) in [6.07, 6.45) is 7.52. The lowest BCUT2D eigenvalue weighted by molar-refractivity contribution is -0.384. The highest BCUT2D eigenvalue weighted by atomic mass is 32.2. The van der Waals surface area contributed by atoms with Gasteiger partial charge in [-0.1, -0.05) is 85.6 Å². The maximum Gasteiger partial charge on any atom is 0.293 e.